The van der Waals surface area contributed by atoms with Gasteiger partial charge in [-0.15, -0.1) is 11.3 Å². The maximum absolute atomic E-state index is 12.4. The van der Waals surface area contributed by atoms with Crippen molar-refractivity contribution in [2.75, 3.05) is 11.9 Å². The van der Waals surface area contributed by atoms with Gasteiger partial charge in [0.1, 0.15) is 6.61 Å². The molecule has 4 rings (SSSR count). The first-order valence-electron chi connectivity index (χ1n) is 11.5. The summed E-state index contributed by atoms with van der Waals surface area (Å²) in [6.07, 6.45) is 0.651. The van der Waals surface area contributed by atoms with Crippen LogP contribution in [0.25, 0.3) is 11.1 Å². The molecule has 182 valence electrons. The summed E-state index contributed by atoms with van der Waals surface area (Å²) < 4.78 is 5.54. The number of rotatable bonds is 10. The lowest BCUT2D eigenvalue weighted by Crippen LogP contribution is -2.33. The predicted octanol–water partition coefficient (Wildman–Crippen LogP) is 4.81. The molecule has 0 saturated carbocycles. The molecule has 0 bridgehead atoms. The highest BCUT2D eigenvalue weighted by atomic mass is 32.1. The number of amides is 2. The molecule has 1 aliphatic rings. The summed E-state index contributed by atoms with van der Waals surface area (Å²) in [6.45, 7) is 2.05. The van der Waals surface area contributed by atoms with Crippen LogP contribution in [0.3, 0.4) is 0 Å². The number of ether oxygens (including phenoxy) is 1. The smallest absolute Gasteiger partial charge is 0.413 e. The third kappa shape index (κ3) is 6.24. The highest BCUT2D eigenvalue weighted by Gasteiger charge is 2.29. The van der Waals surface area contributed by atoms with Gasteiger partial charge in [0.05, 0.1) is 12.1 Å². The summed E-state index contributed by atoms with van der Waals surface area (Å²) in [7, 11) is 0. The number of hydrogen-bond acceptors (Lipinski definition) is 6. The highest BCUT2D eigenvalue weighted by Crippen LogP contribution is 2.44. The van der Waals surface area contributed by atoms with Gasteiger partial charge >= 0.3 is 12.1 Å². The molecule has 1 atom stereocenters. The van der Waals surface area contributed by atoms with Gasteiger partial charge in [-0.25, -0.2) is 9.78 Å². The Morgan fingerprint density at radius 1 is 1.09 bits per heavy atom. The van der Waals surface area contributed by atoms with Crippen LogP contribution in [0.2, 0.25) is 0 Å². The van der Waals surface area contributed by atoms with E-state index in [9.17, 15) is 14.4 Å². The Morgan fingerprint density at radius 3 is 2.40 bits per heavy atom. The molecule has 1 aromatic heterocycles. The fourth-order valence-corrected chi connectivity index (χ4v) is 4.99. The maximum Gasteiger partial charge on any atom is 0.413 e. The minimum Gasteiger partial charge on any atom is -0.481 e. The van der Waals surface area contributed by atoms with E-state index in [1.807, 2.05) is 31.2 Å². The Labute approximate surface area is 207 Å². The fourth-order valence-electron chi connectivity index (χ4n) is 4.29. The van der Waals surface area contributed by atoms with Crippen molar-refractivity contribution in [3.63, 3.8) is 0 Å². The average Bonchev–Trinajstić information content (AvgIpc) is 3.39. The van der Waals surface area contributed by atoms with Crippen LogP contribution in [0.4, 0.5) is 9.93 Å². The number of anilines is 1. The van der Waals surface area contributed by atoms with E-state index in [4.69, 9.17) is 9.84 Å². The quantitative estimate of drug-likeness (QED) is 0.373. The molecule has 0 spiro atoms. The van der Waals surface area contributed by atoms with Gasteiger partial charge in [0, 0.05) is 23.8 Å². The molecule has 1 unspecified atom stereocenters. The molecular formula is C26H27N3O5S. The number of carbonyl (C=O) groups is 3. The lowest BCUT2D eigenvalue weighted by atomic mass is 9.98. The van der Waals surface area contributed by atoms with Gasteiger partial charge in [-0.05, 0) is 42.0 Å². The first kappa shape index (κ1) is 24.4. The molecule has 9 heteroatoms. The molecule has 0 saturated heterocycles. The summed E-state index contributed by atoms with van der Waals surface area (Å²) >= 11 is 1.22. The Kier molecular flexibility index (Phi) is 7.77. The van der Waals surface area contributed by atoms with Crippen LogP contribution in [0, 0.1) is 0 Å². The molecule has 1 aliphatic carbocycles. The van der Waals surface area contributed by atoms with Crippen LogP contribution < -0.4 is 10.6 Å². The van der Waals surface area contributed by atoms with Crippen LogP contribution in [0.5, 0.6) is 0 Å². The molecular weight excluding hydrogens is 466 g/mol. The summed E-state index contributed by atoms with van der Waals surface area (Å²) in [5.74, 6) is -1.07. The van der Waals surface area contributed by atoms with E-state index in [0.717, 1.165) is 22.3 Å². The average molecular weight is 494 g/mol. The number of thiazole rings is 1. The number of carboxylic acid groups (broad SMARTS) is 1. The zero-order chi connectivity index (χ0) is 24.8. The highest BCUT2D eigenvalue weighted by molar-refractivity contribution is 7.13. The molecule has 3 aromatic rings. The van der Waals surface area contributed by atoms with Crippen LogP contribution in [-0.2, 0) is 20.7 Å². The van der Waals surface area contributed by atoms with E-state index in [1.165, 1.54) is 11.3 Å². The lowest BCUT2D eigenvalue weighted by molar-refractivity contribution is -0.137. The number of carbonyl (C=O) groups excluding carboxylic acids is 2. The number of benzene rings is 2. The molecule has 0 aliphatic heterocycles. The van der Waals surface area contributed by atoms with Crippen molar-refractivity contribution in [1.82, 2.24) is 10.3 Å². The van der Waals surface area contributed by atoms with Crippen LogP contribution in [0.15, 0.2) is 53.9 Å². The fraction of sp³-hybridized carbons (Fsp3) is 0.308. The number of aromatic nitrogens is 1. The molecule has 2 amide bonds. The van der Waals surface area contributed by atoms with Crippen molar-refractivity contribution < 1.29 is 24.2 Å². The number of carboxylic acids is 1. The zero-order valence-corrected chi connectivity index (χ0v) is 20.1. The van der Waals surface area contributed by atoms with Crippen LogP contribution in [-0.4, -0.2) is 40.7 Å². The first-order valence-corrected chi connectivity index (χ1v) is 12.4. The van der Waals surface area contributed by atoms with Crippen molar-refractivity contribution in [2.24, 2.45) is 0 Å². The third-order valence-electron chi connectivity index (χ3n) is 5.88. The second-order valence-electron chi connectivity index (χ2n) is 8.53. The molecule has 1 heterocycles. The molecule has 35 heavy (non-hydrogen) atoms. The standard InChI is InChI=1S/C26H27N3O5S/c1-16(7-6-12-24(31)32)27-23(30)13-17-15-35-25(28-17)29-26(33)34-14-22-20-10-4-2-8-18(20)19-9-3-5-11-21(19)22/h2-5,8-11,15-16,22H,6-7,12-14H2,1H3,(H,27,30)(H,31,32)(H,28,29,33). The van der Waals surface area contributed by atoms with Gasteiger partial charge in [-0.3, -0.25) is 14.9 Å². The number of nitrogens with zero attached hydrogens (tertiary/aromatic N) is 1. The van der Waals surface area contributed by atoms with Crippen molar-refractivity contribution in [3.05, 3.63) is 70.7 Å². The minimum absolute atomic E-state index is 0.0267. The van der Waals surface area contributed by atoms with Crippen LogP contribution in [0.1, 0.15) is 48.9 Å². The van der Waals surface area contributed by atoms with Gasteiger partial charge in [-0.2, -0.15) is 0 Å². The molecule has 8 nitrogen and oxygen atoms in total. The van der Waals surface area contributed by atoms with Crippen molar-refractivity contribution in [1.29, 1.82) is 0 Å². The predicted molar refractivity (Wildman–Crippen MR) is 134 cm³/mol. The van der Waals surface area contributed by atoms with Gasteiger partial charge < -0.3 is 15.2 Å². The van der Waals surface area contributed by atoms with E-state index >= 15 is 0 Å². The number of nitrogens with one attached hydrogen (secondary N) is 2. The van der Waals surface area contributed by atoms with Gasteiger partial charge in [0.25, 0.3) is 0 Å². The Bertz CT molecular complexity index is 1180. The molecule has 3 N–H and O–H groups in total. The topological polar surface area (TPSA) is 118 Å². The number of fused-ring (bicyclic) bond motifs is 3. The van der Waals surface area contributed by atoms with E-state index in [0.29, 0.717) is 23.7 Å². The SMILES string of the molecule is CC(CCCC(=O)O)NC(=O)Cc1csc(NC(=O)OCC2c3ccccc3-c3ccccc32)n1. The maximum atomic E-state index is 12.4. The first-order chi connectivity index (χ1) is 16.9. The van der Waals surface area contributed by atoms with E-state index in [-0.39, 0.29) is 37.3 Å². The Morgan fingerprint density at radius 2 is 1.74 bits per heavy atom. The number of hydrogen-bond donors (Lipinski definition) is 3. The van der Waals surface area contributed by atoms with E-state index in [1.54, 1.807) is 5.38 Å². The largest absolute Gasteiger partial charge is 0.481 e. The monoisotopic (exact) mass is 493 g/mol. The van der Waals surface area contributed by atoms with Crippen molar-refractivity contribution >= 4 is 34.4 Å². The van der Waals surface area contributed by atoms with Gasteiger partial charge in [0.2, 0.25) is 5.91 Å². The number of aliphatic carboxylic acids is 1. The second kappa shape index (κ2) is 11.1. The third-order valence-corrected chi connectivity index (χ3v) is 6.69. The van der Waals surface area contributed by atoms with Crippen molar-refractivity contribution in [3.8, 4) is 11.1 Å². The van der Waals surface area contributed by atoms with Crippen molar-refractivity contribution in [2.45, 2.75) is 44.6 Å². The van der Waals surface area contributed by atoms with Gasteiger partial charge in [-0.1, -0.05) is 48.5 Å². The lowest BCUT2D eigenvalue weighted by Gasteiger charge is -2.14. The summed E-state index contributed by atoms with van der Waals surface area (Å²) in [6, 6.07) is 16.1. The molecule has 0 radical (unpaired) electrons. The van der Waals surface area contributed by atoms with E-state index in [2.05, 4.69) is 39.9 Å². The molecule has 0 fully saturated rings. The Balaban J connectivity index is 1.26. The molecule has 2 aromatic carbocycles. The summed E-state index contributed by atoms with van der Waals surface area (Å²) in [4.78, 5) is 39.6. The second-order valence-corrected chi connectivity index (χ2v) is 9.38. The zero-order valence-electron chi connectivity index (χ0n) is 19.3. The Hall–Kier alpha value is -3.72. The summed E-state index contributed by atoms with van der Waals surface area (Å²) in [5.41, 5.74) is 5.15. The normalized spacial score (nSPS) is 12.9. The van der Waals surface area contributed by atoms with Crippen LogP contribution >= 0.6 is 11.3 Å². The van der Waals surface area contributed by atoms with Gasteiger partial charge in [0.15, 0.2) is 5.13 Å². The summed E-state index contributed by atoms with van der Waals surface area (Å²) in [5, 5.41) is 16.3. The van der Waals surface area contributed by atoms with E-state index < -0.39 is 12.1 Å². The minimum atomic E-state index is -0.845.